The summed E-state index contributed by atoms with van der Waals surface area (Å²) in [5.74, 6) is 4.73. The lowest BCUT2D eigenvalue weighted by Crippen LogP contribution is -2.18. The van der Waals surface area contributed by atoms with Gasteiger partial charge in [0.1, 0.15) is 0 Å². The maximum Gasteiger partial charge on any atom is 0.164 e. The molecular formula is C57H37N5O2. The molecule has 64 heavy (non-hydrogen) atoms. The zero-order valence-electron chi connectivity index (χ0n) is 34.4. The van der Waals surface area contributed by atoms with Crippen molar-refractivity contribution in [2.45, 2.75) is 0 Å². The Morgan fingerprint density at radius 1 is 0.250 bits per heavy atom. The third-order valence-corrected chi connectivity index (χ3v) is 11.7. The van der Waals surface area contributed by atoms with Crippen molar-refractivity contribution in [2.75, 3.05) is 9.80 Å². The summed E-state index contributed by atoms with van der Waals surface area (Å²) in [5, 5.41) is 0. The standard InChI is InChI=1S/C57H37N5O2/c1-3-15-38(16-4-1)40-27-31-42(32-28-40)55-58-56(43-33-29-41(30-34-43)39-17-5-2-6-18-39)60-57(59-55)44-35-45(61-47-19-7-11-23-51(47)63-52-24-12-8-20-48(52)61)37-46(36-44)62-49-21-9-13-25-53(49)64-54-26-14-10-22-50(54)62/h1-37H. The van der Waals surface area contributed by atoms with Crippen LogP contribution in [0.3, 0.4) is 0 Å². The van der Waals surface area contributed by atoms with Gasteiger partial charge >= 0.3 is 0 Å². The van der Waals surface area contributed by atoms with Gasteiger partial charge < -0.3 is 19.3 Å². The first-order valence-corrected chi connectivity index (χ1v) is 21.3. The predicted molar refractivity (Wildman–Crippen MR) is 257 cm³/mol. The Labute approximate surface area is 370 Å². The number of ether oxygens (including phenoxy) is 2. The Morgan fingerprint density at radius 2 is 0.531 bits per heavy atom. The molecule has 302 valence electrons. The normalized spacial score (nSPS) is 12.2. The molecule has 0 atom stereocenters. The maximum atomic E-state index is 6.48. The molecule has 9 aromatic carbocycles. The number of fused-ring (bicyclic) bond motifs is 4. The van der Waals surface area contributed by atoms with Gasteiger partial charge in [-0.3, -0.25) is 0 Å². The molecule has 10 aromatic rings. The zero-order valence-corrected chi connectivity index (χ0v) is 34.4. The molecule has 0 N–H and O–H groups in total. The molecule has 1 aromatic heterocycles. The van der Waals surface area contributed by atoms with E-state index in [9.17, 15) is 0 Å². The van der Waals surface area contributed by atoms with E-state index in [1.165, 1.54) is 0 Å². The van der Waals surface area contributed by atoms with Crippen LogP contribution in [0.25, 0.3) is 56.4 Å². The summed E-state index contributed by atoms with van der Waals surface area (Å²) in [7, 11) is 0. The van der Waals surface area contributed by atoms with E-state index in [0.29, 0.717) is 17.5 Å². The molecule has 3 heterocycles. The predicted octanol–water partition coefficient (Wildman–Crippen LogP) is 15.4. The van der Waals surface area contributed by atoms with Gasteiger partial charge in [0.05, 0.1) is 22.7 Å². The van der Waals surface area contributed by atoms with Crippen molar-refractivity contribution >= 4 is 34.1 Å². The van der Waals surface area contributed by atoms with Crippen molar-refractivity contribution in [3.05, 3.63) is 224 Å². The van der Waals surface area contributed by atoms with E-state index in [2.05, 4.69) is 149 Å². The number of hydrogen-bond donors (Lipinski definition) is 0. The van der Waals surface area contributed by atoms with Gasteiger partial charge in [0.15, 0.2) is 40.5 Å². The van der Waals surface area contributed by atoms with E-state index in [1.807, 2.05) is 84.9 Å². The molecule has 0 bridgehead atoms. The summed E-state index contributed by atoms with van der Waals surface area (Å²) in [5.41, 5.74) is 12.6. The summed E-state index contributed by atoms with van der Waals surface area (Å²) >= 11 is 0. The highest BCUT2D eigenvalue weighted by molar-refractivity contribution is 5.93. The van der Waals surface area contributed by atoms with Crippen LogP contribution in [0, 0.1) is 0 Å². The molecule has 0 fully saturated rings. The van der Waals surface area contributed by atoms with Gasteiger partial charge in [-0.1, -0.05) is 158 Å². The number of aromatic nitrogens is 3. The molecule has 0 spiro atoms. The molecule has 0 unspecified atom stereocenters. The van der Waals surface area contributed by atoms with E-state index in [-0.39, 0.29) is 0 Å². The number of hydrogen-bond acceptors (Lipinski definition) is 7. The minimum Gasteiger partial charge on any atom is -0.453 e. The highest BCUT2D eigenvalue weighted by Gasteiger charge is 2.30. The largest absolute Gasteiger partial charge is 0.453 e. The zero-order chi connectivity index (χ0) is 42.4. The Hall–Kier alpha value is -8.81. The second-order valence-corrected chi connectivity index (χ2v) is 15.7. The van der Waals surface area contributed by atoms with Crippen molar-refractivity contribution < 1.29 is 9.47 Å². The molecule has 12 rings (SSSR count). The fourth-order valence-corrected chi connectivity index (χ4v) is 8.60. The van der Waals surface area contributed by atoms with E-state index < -0.39 is 0 Å². The summed E-state index contributed by atoms with van der Waals surface area (Å²) < 4.78 is 13.0. The second kappa shape index (κ2) is 15.6. The molecule has 0 amide bonds. The first kappa shape index (κ1) is 37.0. The molecule has 7 nitrogen and oxygen atoms in total. The fraction of sp³-hybridized carbons (Fsp3) is 0. The van der Waals surface area contributed by atoms with E-state index in [1.54, 1.807) is 0 Å². The maximum absolute atomic E-state index is 6.48. The van der Waals surface area contributed by atoms with Crippen molar-refractivity contribution in [2.24, 2.45) is 0 Å². The Kier molecular flexibility index (Phi) is 9.01. The smallest absolute Gasteiger partial charge is 0.164 e. The lowest BCUT2D eigenvalue weighted by molar-refractivity contribution is 0.477. The summed E-state index contributed by atoms with van der Waals surface area (Å²) in [6, 6.07) is 76.8. The molecule has 7 heteroatoms. The first-order chi connectivity index (χ1) is 31.7. The number of anilines is 6. The van der Waals surface area contributed by atoms with Gasteiger partial charge in [-0.25, -0.2) is 15.0 Å². The average molecular weight is 824 g/mol. The van der Waals surface area contributed by atoms with Gasteiger partial charge in [0, 0.05) is 28.1 Å². The molecule has 0 radical (unpaired) electrons. The monoisotopic (exact) mass is 823 g/mol. The fourth-order valence-electron chi connectivity index (χ4n) is 8.60. The molecule has 2 aliphatic heterocycles. The Bertz CT molecular complexity index is 3030. The van der Waals surface area contributed by atoms with Gasteiger partial charge in [0.25, 0.3) is 0 Å². The van der Waals surface area contributed by atoms with Gasteiger partial charge in [-0.15, -0.1) is 0 Å². The van der Waals surface area contributed by atoms with Crippen molar-refractivity contribution in [3.63, 3.8) is 0 Å². The summed E-state index contributed by atoms with van der Waals surface area (Å²) in [6.45, 7) is 0. The molecule has 0 saturated heterocycles. The molecule has 2 aliphatic rings. The lowest BCUT2D eigenvalue weighted by atomic mass is 10.0. The summed E-state index contributed by atoms with van der Waals surface area (Å²) in [4.78, 5) is 20.3. The van der Waals surface area contributed by atoms with Crippen LogP contribution >= 0.6 is 0 Å². The molecule has 0 aliphatic carbocycles. The lowest BCUT2D eigenvalue weighted by Gasteiger charge is -2.35. The molecule has 0 saturated carbocycles. The molecular weight excluding hydrogens is 787 g/mol. The summed E-state index contributed by atoms with van der Waals surface area (Å²) in [6.07, 6.45) is 0. The van der Waals surface area contributed by atoms with Crippen molar-refractivity contribution in [3.8, 4) is 79.4 Å². The third kappa shape index (κ3) is 6.69. The highest BCUT2D eigenvalue weighted by atomic mass is 16.5. The second-order valence-electron chi connectivity index (χ2n) is 15.7. The van der Waals surface area contributed by atoms with Gasteiger partial charge in [-0.05, 0) is 89.0 Å². The quantitative estimate of drug-likeness (QED) is 0.159. The number of rotatable bonds is 7. The van der Waals surface area contributed by atoms with Crippen LogP contribution in [0.4, 0.5) is 34.1 Å². The van der Waals surface area contributed by atoms with Gasteiger partial charge in [0.2, 0.25) is 0 Å². The van der Waals surface area contributed by atoms with Crippen LogP contribution < -0.4 is 19.3 Å². The SMILES string of the molecule is c1ccc(-c2ccc(-c3nc(-c4ccc(-c5ccccc5)cc4)nc(-c4cc(N5c6ccccc6Oc6ccccc65)cc(N5c6ccccc6Oc6ccccc65)c4)n3)cc2)cc1. The Morgan fingerprint density at radius 3 is 0.891 bits per heavy atom. The van der Waals surface area contributed by atoms with Crippen LogP contribution in [0.5, 0.6) is 23.0 Å². The Balaban J connectivity index is 1.08. The first-order valence-electron chi connectivity index (χ1n) is 21.3. The van der Waals surface area contributed by atoms with Gasteiger partial charge in [-0.2, -0.15) is 0 Å². The van der Waals surface area contributed by atoms with Crippen LogP contribution in [0.1, 0.15) is 0 Å². The topological polar surface area (TPSA) is 63.6 Å². The van der Waals surface area contributed by atoms with Crippen molar-refractivity contribution in [1.29, 1.82) is 0 Å². The number of benzene rings is 9. The average Bonchev–Trinajstić information content (AvgIpc) is 3.37. The van der Waals surface area contributed by atoms with E-state index >= 15 is 0 Å². The minimum atomic E-state index is 0.534. The highest BCUT2D eigenvalue weighted by Crippen LogP contribution is 2.54. The number of nitrogens with zero attached hydrogens (tertiary/aromatic N) is 5. The van der Waals surface area contributed by atoms with Crippen LogP contribution in [-0.4, -0.2) is 15.0 Å². The number of para-hydroxylation sites is 8. The van der Waals surface area contributed by atoms with E-state index in [4.69, 9.17) is 24.4 Å². The third-order valence-electron chi connectivity index (χ3n) is 11.7. The van der Waals surface area contributed by atoms with Crippen LogP contribution in [0.2, 0.25) is 0 Å². The van der Waals surface area contributed by atoms with Crippen LogP contribution in [0.15, 0.2) is 224 Å². The van der Waals surface area contributed by atoms with Crippen molar-refractivity contribution in [1.82, 2.24) is 15.0 Å². The minimum absolute atomic E-state index is 0.534. The van der Waals surface area contributed by atoms with E-state index in [0.717, 1.165) is 96.1 Å². The van der Waals surface area contributed by atoms with Crippen LogP contribution in [-0.2, 0) is 0 Å².